The number of benzene rings is 3. The number of nitrogens with one attached hydrogen (secondary N) is 3. The molecule has 3 N–H and O–H groups in total. The summed E-state index contributed by atoms with van der Waals surface area (Å²) in [6.45, 7) is 5.67. The van der Waals surface area contributed by atoms with Gasteiger partial charge in [-0.05, 0) is 81.1 Å². The minimum absolute atomic E-state index is 0.195. The number of rotatable bonds is 5. The molecule has 1 aliphatic rings. The van der Waals surface area contributed by atoms with Crippen molar-refractivity contribution in [2.45, 2.75) is 33.1 Å². The molecule has 0 atom stereocenters. The van der Waals surface area contributed by atoms with Gasteiger partial charge in [0.1, 0.15) is 0 Å². The lowest BCUT2D eigenvalue weighted by atomic mass is 10.1. The Bertz CT molecular complexity index is 1200. The lowest BCUT2D eigenvalue weighted by molar-refractivity contribution is 0.102. The molecule has 1 fully saturated rings. The van der Waals surface area contributed by atoms with Crippen LogP contribution >= 0.6 is 11.6 Å². The zero-order valence-electron chi connectivity index (χ0n) is 19.5. The zero-order valence-corrected chi connectivity index (χ0v) is 20.2. The summed E-state index contributed by atoms with van der Waals surface area (Å²) in [5, 5.41) is 9.40. The molecular formula is C27H29ClN4O2. The summed E-state index contributed by atoms with van der Waals surface area (Å²) in [6.07, 6.45) is 3.43. The molecule has 3 aromatic carbocycles. The number of aryl methyl sites for hydroxylation is 1. The summed E-state index contributed by atoms with van der Waals surface area (Å²) in [5.74, 6) is -0.195. The molecule has 176 valence electrons. The Kier molecular flexibility index (Phi) is 7.38. The Balaban J connectivity index is 1.57. The Morgan fingerprint density at radius 3 is 2.32 bits per heavy atom. The van der Waals surface area contributed by atoms with E-state index in [2.05, 4.69) is 20.9 Å². The second kappa shape index (κ2) is 10.6. The van der Waals surface area contributed by atoms with E-state index in [-0.39, 0.29) is 11.9 Å². The van der Waals surface area contributed by atoms with Crippen molar-refractivity contribution in [2.24, 2.45) is 0 Å². The van der Waals surface area contributed by atoms with E-state index in [1.165, 1.54) is 6.42 Å². The lowest BCUT2D eigenvalue weighted by Crippen LogP contribution is -2.31. The number of urea groups is 1. The van der Waals surface area contributed by atoms with Crippen molar-refractivity contribution in [2.75, 3.05) is 33.9 Å². The topological polar surface area (TPSA) is 73.5 Å². The van der Waals surface area contributed by atoms with Crippen molar-refractivity contribution in [1.82, 2.24) is 0 Å². The first-order chi connectivity index (χ1) is 16.4. The van der Waals surface area contributed by atoms with Crippen LogP contribution in [0.3, 0.4) is 0 Å². The first kappa shape index (κ1) is 23.6. The number of anilines is 4. The van der Waals surface area contributed by atoms with Gasteiger partial charge in [0.05, 0.1) is 11.4 Å². The molecule has 0 bridgehead atoms. The molecule has 0 aromatic heterocycles. The molecular weight excluding hydrogens is 448 g/mol. The normalized spacial score (nSPS) is 13.3. The van der Waals surface area contributed by atoms with Crippen LogP contribution in [0.15, 0.2) is 60.7 Å². The summed E-state index contributed by atoms with van der Waals surface area (Å²) in [4.78, 5) is 27.9. The fourth-order valence-corrected chi connectivity index (χ4v) is 4.31. The van der Waals surface area contributed by atoms with Crippen molar-refractivity contribution in [3.8, 4) is 0 Å². The lowest BCUT2D eigenvalue weighted by Gasteiger charge is -2.31. The van der Waals surface area contributed by atoms with Crippen LogP contribution in [-0.4, -0.2) is 25.0 Å². The Morgan fingerprint density at radius 2 is 1.56 bits per heavy atom. The summed E-state index contributed by atoms with van der Waals surface area (Å²) in [5.41, 5.74) is 5.24. The molecule has 0 unspecified atom stereocenters. The number of piperidine rings is 1. The van der Waals surface area contributed by atoms with Gasteiger partial charge in [-0.25, -0.2) is 4.79 Å². The van der Waals surface area contributed by atoms with E-state index in [9.17, 15) is 9.59 Å². The average Bonchev–Trinajstić information content (AvgIpc) is 2.83. The van der Waals surface area contributed by atoms with Crippen LogP contribution in [0.25, 0.3) is 0 Å². The minimum atomic E-state index is -0.370. The number of hydrogen-bond donors (Lipinski definition) is 3. The van der Waals surface area contributed by atoms with E-state index in [1.54, 1.807) is 18.2 Å². The number of carbonyl (C=O) groups excluding carboxylic acids is 2. The first-order valence-electron chi connectivity index (χ1n) is 11.5. The zero-order chi connectivity index (χ0) is 24.1. The van der Waals surface area contributed by atoms with Crippen molar-refractivity contribution in [3.05, 3.63) is 82.4 Å². The van der Waals surface area contributed by atoms with Gasteiger partial charge in [0.15, 0.2) is 0 Å². The SMILES string of the molecule is Cc1cccc(C(=O)Nc2ccc(N3CCCCC3)c(NC(=O)Nc3cccc(Cl)c3C)c2)c1. The number of nitrogens with zero attached hydrogens (tertiary/aromatic N) is 1. The predicted octanol–water partition coefficient (Wildman–Crippen LogP) is 6.84. The van der Waals surface area contributed by atoms with Crippen LogP contribution in [0, 0.1) is 13.8 Å². The summed E-state index contributed by atoms with van der Waals surface area (Å²) < 4.78 is 0. The molecule has 0 spiro atoms. The highest BCUT2D eigenvalue weighted by molar-refractivity contribution is 6.31. The molecule has 3 amide bonds. The van der Waals surface area contributed by atoms with Crippen LogP contribution < -0.4 is 20.9 Å². The van der Waals surface area contributed by atoms with Gasteiger partial charge in [-0.15, -0.1) is 0 Å². The molecule has 1 heterocycles. The molecule has 0 radical (unpaired) electrons. The molecule has 4 rings (SSSR count). The van der Waals surface area contributed by atoms with Crippen molar-refractivity contribution in [3.63, 3.8) is 0 Å². The van der Waals surface area contributed by atoms with Crippen LogP contribution in [0.4, 0.5) is 27.5 Å². The second-order valence-electron chi connectivity index (χ2n) is 8.59. The Morgan fingerprint density at radius 1 is 0.824 bits per heavy atom. The van der Waals surface area contributed by atoms with Crippen molar-refractivity contribution >= 4 is 46.3 Å². The summed E-state index contributed by atoms with van der Waals surface area (Å²) in [7, 11) is 0. The molecule has 7 heteroatoms. The van der Waals surface area contributed by atoms with Crippen LogP contribution in [0.5, 0.6) is 0 Å². The van der Waals surface area contributed by atoms with Crippen LogP contribution in [0.1, 0.15) is 40.7 Å². The predicted molar refractivity (Wildman–Crippen MR) is 140 cm³/mol. The van der Waals surface area contributed by atoms with Gasteiger partial charge in [-0.1, -0.05) is 35.4 Å². The highest BCUT2D eigenvalue weighted by atomic mass is 35.5. The third-order valence-corrected chi connectivity index (χ3v) is 6.40. The van der Waals surface area contributed by atoms with Crippen LogP contribution in [0.2, 0.25) is 5.02 Å². The number of amides is 3. The Hall–Kier alpha value is -3.51. The van der Waals surface area contributed by atoms with Gasteiger partial charge in [0.2, 0.25) is 0 Å². The van der Waals surface area contributed by atoms with E-state index in [0.717, 1.165) is 42.7 Å². The quantitative estimate of drug-likeness (QED) is 0.377. The van der Waals surface area contributed by atoms with E-state index in [4.69, 9.17) is 11.6 Å². The molecule has 1 aliphatic heterocycles. The summed E-state index contributed by atoms with van der Waals surface area (Å²) in [6, 6.07) is 18.1. The van der Waals surface area contributed by atoms with E-state index in [1.807, 2.05) is 56.3 Å². The highest BCUT2D eigenvalue weighted by Gasteiger charge is 2.18. The monoisotopic (exact) mass is 476 g/mol. The fourth-order valence-electron chi connectivity index (χ4n) is 4.13. The summed E-state index contributed by atoms with van der Waals surface area (Å²) >= 11 is 6.20. The van der Waals surface area contributed by atoms with Gasteiger partial charge in [-0.3, -0.25) is 4.79 Å². The second-order valence-corrected chi connectivity index (χ2v) is 9.00. The third kappa shape index (κ3) is 5.69. The van der Waals surface area contributed by atoms with E-state index >= 15 is 0 Å². The van der Waals surface area contributed by atoms with Crippen LogP contribution in [-0.2, 0) is 0 Å². The maximum Gasteiger partial charge on any atom is 0.323 e. The fraction of sp³-hybridized carbons (Fsp3) is 0.259. The van der Waals surface area contributed by atoms with Gasteiger partial charge in [0.25, 0.3) is 5.91 Å². The van der Waals surface area contributed by atoms with Gasteiger partial charge < -0.3 is 20.9 Å². The van der Waals surface area contributed by atoms with Gasteiger partial charge in [-0.2, -0.15) is 0 Å². The molecule has 0 saturated carbocycles. The molecule has 1 saturated heterocycles. The molecule has 0 aliphatic carbocycles. The molecule has 3 aromatic rings. The van der Waals surface area contributed by atoms with Crippen molar-refractivity contribution < 1.29 is 9.59 Å². The maximum atomic E-state index is 12.9. The Labute approximate surface area is 205 Å². The van der Waals surface area contributed by atoms with Crippen molar-refractivity contribution in [1.29, 1.82) is 0 Å². The molecule has 34 heavy (non-hydrogen) atoms. The van der Waals surface area contributed by atoms with Gasteiger partial charge >= 0.3 is 6.03 Å². The number of carbonyl (C=O) groups is 2. The van der Waals surface area contributed by atoms with E-state index < -0.39 is 0 Å². The molecule has 6 nitrogen and oxygen atoms in total. The first-order valence-corrected chi connectivity index (χ1v) is 11.9. The standard InChI is InChI=1S/C27H29ClN4O2/c1-18-8-6-9-20(16-18)26(33)29-21-12-13-25(32-14-4-3-5-15-32)24(17-21)31-27(34)30-23-11-7-10-22(28)19(23)2/h6-13,16-17H,3-5,14-15H2,1-2H3,(H,29,33)(H2,30,31,34). The maximum absolute atomic E-state index is 12.9. The third-order valence-electron chi connectivity index (χ3n) is 6.00. The average molecular weight is 477 g/mol. The minimum Gasteiger partial charge on any atom is -0.370 e. The highest BCUT2D eigenvalue weighted by Crippen LogP contribution is 2.32. The smallest absolute Gasteiger partial charge is 0.323 e. The number of halogens is 1. The number of hydrogen-bond acceptors (Lipinski definition) is 3. The van der Waals surface area contributed by atoms with Gasteiger partial charge in [0, 0.05) is 35.1 Å². The largest absolute Gasteiger partial charge is 0.370 e. The van der Waals surface area contributed by atoms with E-state index in [0.29, 0.717) is 27.6 Å².